The number of hydrogen-bond donors (Lipinski definition) is 2. The highest BCUT2D eigenvalue weighted by Gasteiger charge is 2.29. The van der Waals surface area contributed by atoms with Crippen LogP contribution in [0.5, 0.6) is 11.5 Å². The van der Waals surface area contributed by atoms with Gasteiger partial charge in [-0.15, -0.1) is 0 Å². The number of aliphatic carboxylic acids is 1. The van der Waals surface area contributed by atoms with Gasteiger partial charge in [-0.1, -0.05) is 6.07 Å². The fourth-order valence-corrected chi connectivity index (χ4v) is 1.59. The minimum atomic E-state index is -1.70. The fourth-order valence-electron chi connectivity index (χ4n) is 1.59. The molecule has 0 amide bonds. The van der Waals surface area contributed by atoms with E-state index in [4.69, 9.17) is 14.6 Å². The Morgan fingerprint density at radius 1 is 1.41 bits per heavy atom. The van der Waals surface area contributed by atoms with Crippen LogP contribution in [0.3, 0.4) is 0 Å². The van der Waals surface area contributed by atoms with Crippen LogP contribution in [0.2, 0.25) is 0 Å². The van der Waals surface area contributed by atoms with Crippen molar-refractivity contribution >= 4 is 5.97 Å². The van der Waals surface area contributed by atoms with Crippen LogP contribution in [0.25, 0.3) is 0 Å². The van der Waals surface area contributed by atoms with E-state index in [0.717, 1.165) is 5.56 Å². The van der Waals surface area contributed by atoms with Crippen LogP contribution in [0.4, 0.5) is 0 Å². The second-order valence-electron chi connectivity index (χ2n) is 4.27. The number of rotatable bonds is 4. The molecule has 5 heteroatoms. The molecule has 0 radical (unpaired) electrons. The van der Waals surface area contributed by atoms with E-state index in [1.165, 1.54) is 6.92 Å². The smallest absolute Gasteiger partial charge is 0.335 e. The Morgan fingerprint density at radius 2 is 2.12 bits per heavy atom. The summed E-state index contributed by atoms with van der Waals surface area (Å²) < 4.78 is 10.4. The summed E-state index contributed by atoms with van der Waals surface area (Å²) in [6.07, 6.45) is 0.623. The molecule has 1 aliphatic rings. The van der Waals surface area contributed by atoms with Crippen molar-refractivity contribution in [1.29, 1.82) is 0 Å². The Labute approximate surface area is 98.6 Å². The quantitative estimate of drug-likeness (QED) is 0.823. The second-order valence-corrected chi connectivity index (χ2v) is 4.27. The third-order valence-corrected chi connectivity index (χ3v) is 2.80. The van der Waals surface area contributed by atoms with Crippen molar-refractivity contribution in [2.45, 2.75) is 25.4 Å². The van der Waals surface area contributed by atoms with Crippen molar-refractivity contribution < 1.29 is 24.5 Å². The number of benzene rings is 1. The number of fused-ring (bicyclic) bond motifs is 1. The van der Waals surface area contributed by atoms with Crippen molar-refractivity contribution in [1.82, 2.24) is 0 Å². The third kappa shape index (κ3) is 2.50. The van der Waals surface area contributed by atoms with E-state index in [0.29, 0.717) is 17.9 Å². The van der Waals surface area contributed by atoms with Gasteiger partial charge >= 0.3 is 5.97 Å². The van der Waals surface area contributed by atoms with E-state index in [9.17, 15) is 9.90 Å². The Morgan fingerprint density at radius 3 is 2.82 bits per heavy atom. The van der Waals surface area contributed by atoms with Crippen molar-refractivity contribution in [3.63, 3.8) is 0 Å². The van der Waals surface area contributed by atoms with E-state index >= 15 is 0 Å². The van der Waals surface area contributed by atoms with Crippen LogP contribution in [0.1, 0.15) is 18.9 Å². The normalized spacial score (nSPS) is 16.6. The van der Waals surface area contributed by atoms with Crippen molar-refractivity contribution in [2.24, 2.45) is 0 Å². The van der Waals surface area contributed by atoms with E-state index in [-0.39, 0.29) is 13.2 Å². The number of carboxylic acid groups (broad SMARTS) is 1. The SMILES string of the molecule is CC(O)(CCc1ccc2c(c1)OCO2)C(=O)O. The predicted molar refractivity (Wildman–Crippen MR) is 59.1 cm³/mol. The Balaban J connectivity index is 2.03. The van der Waals surface area contributed by atoms with E-state index in [2.05, 4.69) is 0 Å². The molecular weight excluding hydrogens is 224 g/mol. The van der Waals surface area contributed by atoms with Crippen molar-refractivity contribution in [2.75, 3.05) is 6.79 Å². The lowest BCUT2D eigenvalue weighted by atomic mass is 9.97. The molecule has 1 unspecified atom stereocenters. The van der Waals surface area contributed by atoms with Crippen LogP contribution in [0.15, 0.2) is 18.2 Å². The Hall–Kier alpha value is -1.75. The molecular formula is C12H14O5. The number of ether oxygens (including phenoxy) is 2. The summed E-state index contributed by atoms with van der Waals surface area (Å²) in [5.74, 6) is 0.148. The topological polar surface area (TPSA) is 76.0 Å². The molecule has 2 N–H and O–H groups in total. The van der Waals surface area contributed by atoms with Crippen molar-refractivity contribution in [3.8, 4) is 11.5 Å². The second kappa shape index (κ2) is 4.25. The first kappa shape index (κ1) is 11.7. The van der Waals surface area contributed by atoms with E-state index in [1.54, 1.807) is 12.1 Å². The Kier molecular flexibility index (Phi) is 2.93. The predicted octanol–water partition coefficient (Wildman–Crippen LogP) is 1.18. The molecule has 5 nitrogen and oxygen atoms in total. The summed E-state index contributed by atoms with van der Waals surface area (Å²) in [4.78, 5) is 10.7. The maximum Gasteiger partial charge on any atom is 0.335 e. The summed E-state index contributed by atoms with van der Waals surface area (Å²) in [5, 5.41) is 18.4. The molecule has 0 saturated heterocycles. The zero-order valence-electron chi connectivity index (χ0n) is 9.47. The lowest BCUT2D eigenvalue weighted by Gasteiger charge is -2.17. The van der Waals surface area contributed by atoms with Crippen molar-refractivity contribution in [3.05, 3.63) is 23.8 Å². The van der Waals surface area contributed by atoms with Gasteiger partial charge in [-0.3, -0.25) is 0 Å². The highest BCUT2D eigenvalue weighted by molar-refractivity contribution is 5.76. The zero-order valence-corrected chi connectivity index (χ0v) is 9.47. The van der Waals surface area contributed by atoms with Crippen LogP contribution < -0.4 is 9.47 Å². The Bertz CT molecular complexity index is 439. The first-order chi connectivity index (χ1) is 7.99. The fraction of sp³-hybridized carbons (Fsp3) is 0.417. The molecule has 0 saturated carbocycles. The first-order valence-corrected chi connectivity index (χ1v) is 5.33. The molecule has 1 aliphatic heterocycles. The summed E-state index contributed by atoms with van der Waals surface area (Å²) >= 11 is 0. The largest absolute Gasteiger partial charge is 0.479 e. The van der Waals surface area contributed by atoms with Gasteiger partial charge in [-0.2, -0.15) is 0 Å². The number of aliphatic hydroxyl groups is 1. The molecule has 1 aromatic carbocycles. The van der Waals surface area contributed by atoms with Gasteiger partial charge in [0.05, 0.1) is 0 Å². The molecule has 0 bridgehead atoms. The van der Waals surface area contributed by atoms with Gasteiger partial charge in [0.25, 0.3) is 0 Å². The summed E-state index contributed by atoms with van der Waals surface area (Å²) in [6, 6.07) is 5.43. The summed E-state index contributed by atoms with van der Waals surface area (Å²) in [5.41, 5.74) is -0.785. The van der Waals surface area contributed by atoms with Crippen LogP contribution >= 0.6 is 0 Å². The molecule has 0 aliphatic carbocycles. The van der Waals surface area contributed by atoms with E-state index in [1.807, 2.05) is 6.07 Å². The molecule has 17 heavy (non-hydrogen) atoms. The molecule has 0 spiro atoms. The maximum absolute atomic E-state index is 10.7. The minimum absolute atomic E-state index is 0.155. The lowest BCUT2D eigenvalue weighted by Crippen LogP contribution is -2.35. The maximum atomic E-state index is 10.7. The average molecular weight is 238 g/mol. The molecule has 1 heterocycles. The van der Waals surface area contributed by atoms with Gasteiger partial charge < -0.3 is 19.7 Å². The molecule has 92 valence electrons. The molecule has 2 rings (SSSR count). The summed E-state index contributed by atoms with van der Waals surface area (Å²) in [7, 11) is 0. The van der Waals surface area contributed by atoms with Crippen LogP contribution in [-0.2, 0) is 11.2 Å². The lowest BCUT2D eigenvalue weighted by molar-refractivity contribution is -0.157. The molecule has 1 atom stereocenters. The molecule has 1 aromatic rings. The highest BCUT2D eigenvalue weighted by atomic mass is 16.7. The van der Waals surface area contributed by atoms with E-state index < -0.39 is 11.6 Å². The number of aryl methyl sites for hydroxylation is 1. The monoisotopic (exact) mass is 238 g/mol. The summed E-state index contributed by atoms with van der Waals surface area (Å²) in [6.45, 7) is 1.51. The van der Waals surface area contributed by atoms with Crippen LogP contribution in [0, 0.1) is 0 Å². The minimum Gasteiger partial charge on any atom is -0.479 e. The molecule has 0 fully saturated rings. The first-order valence-electron chi connectivity index (χ1n) is 5.33. The molecule has 0 aromatic heterocycles. The number of hydrogen-bond acceptors (Lipinski definition) is 4. The number of carbonyl (C=O) groups is 1. The van der Waals surface area contributed by atoms with Gasteiger partial charge in [0.1, 0.15) is 0 Å². The van der Waals surface area contributed by atoms with Crippen LogP contribution in [-0.4, -0.2) is 28.6 Å². The average Bonchev–Trinajstić information content (AvgIpc) is 2.73. The standard InChI is InChI=1S/C12H14O5/c1-12(15,11(13)14)5-4-8-2-3-9-10(6-8)17-7-16-9/h2-3,6,15H,4-5,7H2,1H3,(H,13,14). The van der Waals surface area contributed by atoms with Gasteiger partial charge in [0.15, 0.2) is 17.1 Å². The van der Waals surface area contributed by atoms with Gasteiger partial charge in [0, 0.05) is 0 Å². The van der Waals surface area contributed by atoms with Gasteiger partial charge in [0.2, 0.25) is 6.79 Å². The number of carboxylic acids is 1. The zero-order chi connectivity index (χ0) is 12.5. The van der Waals surface area contributed by atoms with Gasteiger partial charge in [-0.25, -0.2) is 4.79 Å². The third-order valence-electron chi connectivity index (χ3n) is 2.80. The highest BCUT2D eigenvalue weighted by Crippen LogP contribution is 2.33. The van der Waals surface area contributed by atoms with Gasteiger partial charge in [-0.05, 0) is 37.5 Å².